The molecule has 0 bridgehead atoms. The zero-order valence-corrected chi connectivity index (χ0v) is 10.8. The normalized spacial score (nSPS) is 15.6. The van der Waals surface area contributed by atoms with Gasteiger partial charge in [0, 0.05) is 13.7 Å². The summed E-state index contributed by atoms with van der Waals surface area (Å²) in [5, 5.41) is 0. The third-order valence-electron chi connectivity index (χ3n) is 2.45. The molecule has 0 saturated carbocycles. The van der Waals surface area contributed by atoms with Gasteiger partial charge in [-0.1, -0.05) is 0 Å². The van der Waals surface area contributed by atoms with Gasteiger partial charge in [-0.2, -0.15) is 0 Å². The highest BCUT2D eigenvalue weighted by molar-refractivity contribution is 5.80. The second kappa shape index (κ2) is 6.18. The topological polar surface area (TPSA) is 70.8 Å². The van der Waals surface area contributed by atoms with Crippen LogP contribution >= 0.6 is 0 Å². The monoisotopic (exact) mass is 233 g/mol. The van der Waals surface area contributed by atoms with Gasteiger partial charge in [-0.25, -0.2) is 4.79 Å². The molecular formula is C11H23NO4. The molecule has 0 amide bonds. The molecule has 0 spiro atoms. The Balaban J connectivity index is 3.86. The van der Waals surface area contributed by atoms with Gasteiger partial charge in [0.15, 0.2) is 0 Å². The van der Waals surface area contributed by atoms with Crippen LogP contribution < -0.4 is 5.73 Å². The van der Waals surface area contributed by atoms with Crippen LogP contribution in [0.5, 0.6) is 0 Å². The van der Waals surface area contributed by atoms with Crippen molar-refractivity contribution < 1.29 is 19.0 Å². The van der Waals surface area contributed by atoms with Gasteiger partial charge >= 0.3 is 5.97 Å². The SMILES string of the molecule is COC(=O)C(C)(N)COCCC(C)(C)OC. The first-order chi connectivity index (χ1) is 7.25. The molecule has 5 nitrogen and oxygen atoms in total. The molecule has 0 aliphatic rings. The maximum atomic E-state index is 11.2. The average molecular weight is 233 g/mol. The summed E-state index contributed by atoms with van der Waals surface area (Å²) in [6, 6.07) is 0. The highest BCUT2D eigenvalue weighted by Gasteiger charge is 2.30. The number of esters is 1. The van der Waals surface area contributed by atoms with Crippen LogP contribution in [0.2, 0.25) is 0 Å². The van der Waals surface area contributed by atoms with Gasteiger partial charge in [0.05, 0.1) is 19.3 Å². The summed E-state index contributed by atoms with van der Waals surface area (Å²) in [7, 11) is 2.96. The number of hydrogen-bond donors (Lipinski definition) is 1. The lowest BCUT2D eigenvalue weighted by molar-refractivity contribution is -0.148. The van der Waals surface area contributed by atoms with Crippen molar-refractivity contribution in [3.8, 4) is 0 Å². The van der Waals surface area contributed by atoms with E-state index in [2.05, 4.69) is 4.74 Å². The Morgan fingerprint density at radius 1 is 1.25 bits per heavy atom. The molecule has 0 heterocycles. The second-order valence-electron chi connectivity index (χ2n) is 4.68. The zero-order valence-electron chi connectivity index (χ0n) is 10.8. The van der Waals surface area contributed by atoms with E-state index in [9.17, 15) is 4.79 Å². The zero-order chi connectivity index (χ0) is 12.8. The third kappa shape index (κ3) is 5.44. The van der Waals surface area contributed by atoms with Crippen molar-refractivity contribution in [2.45, 2.75) is 38.3 Å². The van der Waals surface area contributed by atoms with Crippen LogP contribution in [0.15, 0.2) is 0 Å². The van der Waals surface area contributed by atoms with Crippen LogP contribution in [0.4, 0.5) is 0 Å². The van der Waals surface area contributed by atoms with E-state index in [1.54, 1.807) is 14.0 Å². The molecule has 5 heteroatoms. The van der Waals surface area contributed by atoms with Crippen LogP contribution in [-0.4, -0.2) is 44.5 Å². The average Bonchev–Trinajstić information content (AvgIpc) is 2.23. The number of methoxy groups -OCH3 is 2. The van der Waals surface area contributed by atoms with E-state index in [1.165, 1.54) is 7.11 Å². The molecule has 0 radical (unpaired) electrons. The Morgan fingerprint density at radius 3 is 2.25 bits per heavy atom. The Labute approximate surface area is 97.2 Å². The predicted molar refractivity (Wildman–Crippen MR) is 61.1 cm³/mol. The molecule has 1 atom stereocenters. The van der Waals surface area contributed by atoms with Gasteiger partial charge in [0.2, 0.25) is 0 Å². The molecule has 0 fully saturated rings. The van der Waals surface area contributed by atoms with E-state index < -0.39 is 11.5 Å². The maximum Gasteiger partial charge on any atom is 0.327 e. The summed E-state index contributed by atoms with van der Waals surface area (Å²) >= 11 is 0. The highest BCUT2D eigenvalue weighted by Crippen LogP contribution is 2.13. The fourth-order valence-electron chi connectivity index (χ4n) is 0.996. The quantitative estimate of drug-likeness (QED) is 0.518. The summed E-state index contributed by atoms with van der Waals surface area (Å²) in [4.78, 5) is 11.2. The van der Waals surface area contributed by atoms with Crippen molar-refractivity contribution >= 4 is 5.97 Å². The van der Waals surface area contributed by atoms with Crippen LogP contribution in [0.25, 0.3) is 0 Å². The van der Waals surface area contributed by atoms with Gasteiger partial charge < -0.3 is 19.9 Å². The van der Waals surface area contributed by atoms with Gasteiger partial charge in [-0.05, 0) is 27.2 Å². The van der Waals surface area contributed by atoms with E-state index >= 15 is 0 Å². The largest absolute Gasteiger partial charge is 0.468 e. The van der Waals surface area contributed by atoms with Gasteiger partial charge in [0.25, 0.3) is 0 Å². The summed E-state index contributed by atoms with van der Waals surface area (Å²) in [5.74, 6) is -0.474. The molecule has 96 valence electrons. The van der Waals surface area contributed by atoms with E-state index in [0.29, 0.717) is 6.61 Å². The highest BCUT2D eigenvalue weighted by atomic mass is 16.5. The molecule has 0 aliphatic carbocycles. The molecule has 16 heavy (non-hydrogen) atoms. The number of ether oxygens (including phenoxy) is 3. The Morgan fingerprint density at radius 2 is 1.81 bits per heavy atom. The smallest absolute Gasteiger partial charge is 0.327 e. The summed E-state index contributed by atoms with van der Waals surface area (Å²) in [6.45, 7) is 6.15. The number of carbonyl (C=O) groups is 1. The van der Waals surface area contributed by atoms with Gasteiger partial charge in [-0.3, -0.25) is 0 Å². The number of carbonyl (C=O) groups excluding carboxylic acids is 1. The molecule has 0 aromatic heterocycles. The molecule has 0 rings (SSSR count). The van der Waals surface area contributed by atoms with E-state index in [0.717, 1.165) is 6.42 Å². The summed E-state index contributed by atoms with van der Waals surface area (Å²) < 4.78 is 15.2. The maximum absolute atomic E-state index is 11.2. The van der Waals surface area contributed by atoms with Crippen LogP contribution in [0, 0.1) is 0 Å². The molecule has 0 saturated heterocycles. The van der Waals surface area contributed by atoms with Crippen LogP contribution in [0.1, 0.15) is 27.2 Å². The molecule has 2 N–H and O–H groups in total. The Bertz CT molecular complexity index is 226. The Kier molecular flexibility index (Phi) is 5.92. The van der Waals surface area contributed by atoms with Gasteiger partial charge in [-0.15, -0.1) is 0 Å². The third-order valence-corrected chi connectivity index (χ3v) is 2.45. The molecule has 0 aromatic carbocycles. The van der Waals surface area contributed by atoms with E-state index in [4.69, 9.17) is 15.2 Å². The first-order valence-electron chi connectivity index (χ1n) is 5.25. The van der Waals surface area contributed by atoms with Crippen LogP contribution in [0.3, 0.4) is 0 Å². The standard InChI is InChI=1S/C11H23NO4/c1-10(2,15-5)6-7-16-8-11(3,12)9(13)14-4/h6-8,12H2,1-5H3. The number of nitrogens with two attached hydrogens (primary N) is 1. The first-order valence-corrected chi connectivity index (χ1v) is 5.25. The fourth-order valence-corrected chi connectivity index (χ4v) is 0.996. The van der Waals surface area contributed by atoms with E-state index in [1.807, 2.05) is 13.8 Å². The first kappa shape index (κ1) is 15.3. The van der Waals surface area contributed by atoms with Crippen molar-refractivity contribution in [3.05, 3.63) is 0 Å². The van der Waals surface area contributed by atoms with Crippen molar-refractivity contribution in [1.29, 1.82) is 0 Å². The van der Waals surface area contributed by atoms with Crippen LogP contribution in [-0.2, 0) is 19.0 Å². The minimum Gasteiger partial charge on any atom is -0.468 e. The second-order valence-corrected chi connectivity index (χ2v) is 4.68. The molecule has 0 aromatic rings. The summed E-state index contributed by atoms with van der Waals surface area (Å²) in [5.41, 5.74) is 4.41. The molecular weight excluding hydrogens is 210 g/mol. The number of hydrogen-bond acceptors (Lipinski definition) is 5. The fraction of sp³-hybridized carbons (Fsp3) is 0.909. The molecule has 1 unspecified atom stereocenters. The Hall–Kier alpha value is -0.650. The van der Waals surface area contributed by atoms with Gasteiger partial charge in [0.1, 0.15) is 5.54 Å². The van der Waals surface area contributed by atoms with Crippen molar-refractivity contribution in [3.63, 3.8) is 0 Å². The summed E-state index contributed by atoms with van der Waals surface area (Å²) in [6.07, 6.45) is 0.737. The van der Waals surface area contributed by atoms with Crippen molar-refractivity contribution in [1.82, 2.24) is 0 Å². The lowest BCUT2D eigenvalue weighted by atomic mass is 10.1. The lowest BCUT2D eigenvalue weighted by Crippen LogP contribution is -2.50. The van der Waals surface area contributed by atoms with Crippen molar-refractivity contribution in [2.24, 2.45) is 5.73 Å². The molecule has 0 aliphatic heterocycles. The predicted octanol–water partition coefficient (Wildman–Crippen LogP) is 0.709. The minimum absolute atomic E-state index is 0.138. The lowest BCUT2D eigenvalue weighted by Gasteiger charge is -2.25. The van der Waals surface area contributed by atoms with E-state index in [-0.39, 0.29) is 12.2 Å². The number of rotatable bonds is 7. The minimum atomic E-state index is -1.09. The van der Waals surface area contributed by atoms with Crippen molar-refractivity contribution in [2.75, 3.05) is 27.4 Å².